The van der Waals surface area contributed by atoms with Crippen molar-refractivity contribution in [2.45, 2.75) is 39.5 Å². The van der Waals surface area contributed by atoms with Gasteiger partial charge in [0, 0.05) is 12.8 Å². The van der Waals surface area contributed by atoms with Gasteiger partial charge in [-0.3, -0.25) is 4.79 Å². The van der Waals surface area contributed by atoms with Crippen molar-refractivity contribution < 1.29 is 4.79 Å². The molecule has 0 aromatic heterocycles. The van der Waals surface area contributed by atoms with E-state index in [1.807, 2.05) is 0 Å². The molecule has 0 bridgehead atoms. The van der Waals surface area contributed by atoms with Gasteiger partial charge in [0.1, 0.15) is 5.78 Å². The zero-order chi connectivity index (χ0) is 9.19. The van der Waals surface area contributed by atoms with Gasteiger partial charge in [-0.2, -0.15) is 5.26 Å². The Kier molecular flexibility index (Phi) is 2.52. The Hall–Kier alpha value is -0.840. The van der Waals surface area contributed by atoms with Gasteiger partial charge >= 0.3 is 0 Å². The smallest absolute Gasteiger partial charge is 0.133 e. The number of rotatable bonds is 1. The molecule has 1 rings (SSSR count). The van der Waals surface area contributed by atoms with Crippen molar-refractivity contribution in [3.05, 3.63) is 0 Å². The Balaban J connectivity index is 2.71. The van der Waals surface area contributed by atoms with Crippen LogP contribution in [0.1, 0.15) is 39.5 Å². The zero-order valence-electron chi connectivity index (χ0n) is 7.76. The second kappa shape index (κ2) is 3.26. The van der Waals surface area contributed by atoms with Crippen LogP contribution in [0.5, 0.6) is 0 Å². The first-order valence-corrected chi connectivity index (χ1v) is 4.54. The van der Waals surface area contributed by atoms with Crippen LogP contribution in [0.25, 0.3) is 0 Å². The summed E-state index contributed by atoms with van der Waals surface area (Å²) in [4.78, 5) is 11.0. The van der Waals surface area contributed by atoms with E-state index in [-0.39, 0.29) is 5.41 Å². The molecule has 0 amide bonds. The summed E-state index contributed by atoms with van der Waals surface area (Å²) in [5.41, 5.74) is -0.214. The van der Waals surface area contributed by atoms with Gasteiger partial charge in [0.15, 0.2) is 0 Å². The molecule has 0 unspecified atom stereocenters. The molecule has 1 aliphatic carbocycles. The van der Waals surface area contributed by atoms with E-state index in [0.717, 1.165) is 12.8 Å². The maximum atomic E-state index is 11.0. The predicted molar refractivity (Wildman–Crippen MR) is 46.4 cm³/mol. The van der Waals surface area contributed by atoms with E-state index in [1.54, 1.807) is 0 Å². The molecule has 12 heavy (non-hydrogen) atoms. The molecule has 0 radical (unpaired) electrons. The first-order valence-electron chi connectivity index (χ1n) is 4.54. The van der Waals surface area contributed by atoms with E-state index in [4.69, 9.17) is 5.26 Å². The number of carbonyl (C=O) groups excluding carboxylic acids is 1. The van der Waals surface area contributed by atoms with E-state index < -0.39 is 0 Å². The van der Waals surface area contributed by atoms with Crippen molar-refractivity contribution >= 4 is 5.78 Å². The molecule has 2 nitrogen and oxygen atoms in total. The number of hydrogen-bond donors (Lipinski definition) is 0. The third kappa shape index (κ3) is 1.50. The van der Waals surface area contributed by atoms with E-state index in [2.05, 4.69) is 19.9 Å². The van der Waals surface area contributed by atoms with Crippen molar-refractivity contribution in [2.24, 2.45) is 11.3 Å². The van der Waals surface area contributed by atoms with Gasteiger partial charge in [-0.25, -0.2) is 0 Å². The van der Waals surface area contributed by atoms with Gasteiger partial charge in [0.2, 0.25) is 0 Å². The minimum atomic E-state index is -0.214. The molecule has 0 aliphatic heterocycles. The van der Waals surface area contributed by atoms with Gasteiger partial charge in [-0.15, -0.1) is 0 Å². The number of nitriles is 1. The largest absolute Gasteiger partial charge is 0.300 e. The molecule has 0 saturated heterocycles. The Labute approximate surface area is 73.6 Å². The topological polar surface area (TPSA) is 40.9 Å². The summed E-state index contributed by atoms with van der Waals surface area (Å²) in [6.07, 6.45) is 2.73. The third-order valence-electron chi connectivity index (χ3n) is 3.03. The van der Waals surface area contributed by atoms with Gasteiger partial charge in [0.05, 0.1) is 11.5 Å². The van der Waals surface area contributed by atoms with Crippen LogP contribution in [-0.2, 0) is 4.79 Å². The number of carbonyl (C=O) groups is 1. The third-order valence-corrected chi connectivity index (χ3v) is 3.03. The molecule has 0 atom stereocenters. The zero-order valence-corrected chi connectivity index (χ0v) is 7.76. The van der Waals surface area contributed by atoms with Crippen LogP contribution in [0.2, 0.25) is 0 Å². The Morgan fingerprint density at radius 3 is 2.25 bits per heavy atom. The van der Waals surface area contributed by atoms with Crippen LogP contribution >= 0.6 is 0 Å². The summed E-state index contributed by atoms with van der Waals surface area (Å²) in [5.74, 6) is 0.692. The highest BCUT2D eigenvalue weighted by molar-refractivity contribution is 5.79. The monoisotopic (exact) mass is 165 g/mol. The van der Waals surface area contributed by atoms with Crippen molar-refractivity contribution in [2.75, 3.05) is 0 Å². The average Bonchev–Trinajstić information content (AvgIpc) is 2.06. The predicted octanol–water partition coefficient (Wildman–Crippen LogP) is 2.30. The quantitative estimate of drug-likeness (QED) is 0.598. The van der Waals surface area contributed by atoms with E-state index in [0.29, 0.717) is 24.5 Å². The van der Waals surface area contributed by atoms with Crippen molar-refractivity contribution in [3.63, 3.8) is 0 Å². The van der Waals surface area contributed by atoms with E-state index in [1.165, 1.54) is 0 Å². The normalized spacial score (nSPS) is 22.3. The molecular weight excluding hydrogens is 150 g/mol. The highest BCUT2D eigenvalue weighted by atomic mass is 16.1. The fraction of sp³-hybridized carbons (Fsp3) is 0.800. The molecule has 2 heteroatoms. The molecule has 0 aromatic carbocycles. The SMILES string of the molecule is CC(C)C1(C#N)CCC(=O)CC1. The van der Waals surface area contributed by atoms with E-state index in [9.17, 15) is 4.79 Å². The van der Waals surface area contributed by atoms with E-state index >= 15 is 0 Å². The Morgan fingerprint density at radius 1 is 1.42 bits per heavy atom. The van der Waals surface area contributed by atoms with Crippen molar-refractivity contribution in [1.29, 1.82) is 5.26 Å². The Morgan fingerprint density at radius 2 is 1.92 bits per heavy atom. The first kappa shape index (κ1) is 9.25. The summed E-state index contributed by atoms with van der Waals surface area (Å²) in [5, 5.41) is 9.04. The lowest BCUT2D eigenvalue weighted by atomic mass is 9.68. The van der Waals surface area contributed by atoms with Crippen LogP contribution in [0.3, 0.4) is 0 Å². The molecule has 66 valence electrons. The summed E-state index contributed by atoms with van der Waals surface area (Å²) >= 11 is 0. The van der Waals surface area contributed by atoms with Gasteiger partial charge < -0.3 is 0 Å². The lowest BCUT2D eigenvalue weighted by Crippen LogP contribution is -2.31. The fourth-order valence-electron chi connectivity index (χ4n) is 1.79. The number of ketones is 1. The second-order valence-electron chi connectivity index (χ2n) is 3.96. The van der Waals surface area contributed by atoms with Crippen LogP contribution in [-0.4, -0.2) is 5.78 Å². The van der Waals surface area contributed by atoms with Crippen molar-refractivity contribution in [1.82, 2.24) is 0 Å². The molecule has 0 N–H and O–H groups in total. The maximum Gasteiger partial charge on any atom is 0.133 e. The number of Topliss-reactive ketones (excluding diaryl/α,β-unsaturated/α-hetero) is 1. The number of nitrogens with zero attached hydrogens (tertiary/aromatic N) is 1. The van der Waals surface area contributed by atoms with Crippen LogP contribution < -0.4 is 0 Å². The summed E-state index contributed by atoms with van der Waals surface area (Å²) < 4.78 is 0. The molecular formula is C10H15NO. The van der Waals surface area contributed by atoms with Crippen molar-refractivity contribution in [3.8, 4) is 6.07 Å². The molecule has 1 fully saturated rings. The minimum Gasteiger partial charge on any atom is -0.300 e. The van der Waals surface area contributed by atoms with Crippen LogP contribution in [0.15, 0.2) is 0 Å². The maximum absolute atomic E-state index is 11.0. The fourth-order valence-corrected chi connectivity index (χ4v) is 1.79. The first-order chi connectivity index (χ1) is 5.60. The summed E-state index contributed by atoms with van der Waals surface area (Å²) in [6, 6.07) is 2.39. The lowest BCUT2D eigenvalue weighted by Gasteiger charge is -2.33. The standard InChI is InChI=1S/C10H15NO/c1-8(2)10(7-11)5-3-9(12)4-6-10/h8H,3-6H2,1-2H3. The summed E-state index contributed by atoms with van der Waals surface area (Å²) in [6.45, 7) is 4.14. The highest BCUT2D eigenvalue weighted by Gasteiger charge is 2.37. The lowest BCUT2D eigenvalue weighted by molar-refractivity contribution is -0.122. The molecule has 1 aliphatic rings. The van der Waals surface area contributed by atoms with Crippen LogP contribution in [0, 0.1) is 22.7 Å². The Bertz CT molecular complexity index is 214. The molecule has 0 aromatic rings. The van der Waals surface area contributed by atoms with Crippen LogP contribution in [0.4, 0.5) is 0 Å². The second-order valence-corrected chi connectivity index (χ2v) is 3.96. The highest BCUT2D eigenvalue weighted by Crippen LogP contribution is 2.40. The molecule has 1 saturated carbocycles. The summed E-state index contributed by atoms with van der Waals surface area (Å²) in [7, 11) is 0. The number of hydrogen-bond acceptors (Lipinski definition) is 2. The minimum absolute atomic E-state index is 0.214. The van der Waals surface area contributed by atoms with Gasteiger partial charge in [0.25, 0.3) is 0 Å². The molecule has 0 spiro atoms. The average molecular weight is 165 g/mol. The molecule has 0 heterocycles. The van der Waals surface area contributed by atoms with Gasteiger partial charge in [-0.1, -0.05) is 13.8 Å². The van der Waals surface area contributed by atoms with Gasteiger partial charge in [-0.05, 0) is 18.8 Å².